The van der Waals surface area contributed by atoms with E-state index in [0.29, 0.717) is 24.1 Å². The van der Waals surface area contributed by atoms with Crippen molar-refractivity contribution in [2.24, 2.45) is 16.5 Å². The summed E-state index contributed by atoms with van der Waals surface area (Å²) in [7, 11) is 1.59. The standard InChI is InChI=1S/C15H25N7O3S/c1-25-6-5-18-13(8-22(23)24)19-11-4-2-3-10(7-11)12-9-26-15(20-12)21-14(16)17/h8-11,18-19H,2-7H2,1H3,(H4,16,17,20,21)/b13-8+. The van der Waals surface area contributed by atoms with Gasteiger partial charge in [0.2, 0.25) is 5.13 Å². The lowest BCUT2D eigenvalue weighted by molar-refractivity contribution is -0.404. The molecule has 1 aromatic rings. The second-order valence-electron chi connectivity index (χ2n) is 6.04. The maximum atomic E-state index is 10.8. The number of nitrogens with two attached hydrogens (primary N) is 2. The lowest BCUT2D eigenvalue weighted by atomic mass is 9.84. The number of hydrogen-bond donors (Lipinski definition) is 4. The summed E-state index contributed by atoms with van der Waals surface area (Å²) in [6, 6.07) is 0.128. The first-order valence-electron chi connectivity index (χ1n) is 8.37. The van der Waals surface area contributed by atoms with Crippen molar-refractivity contribution in [3.8, 4) is 0 Å². The van der Waals surface area contributed by atoms with E-state index < -0.39 is 4.92 Å². The van der Waals surface area contributed by atoms with Gasteiger partial charge in [0.25, 0.3) is 6.20 Å². The monoisotopic (exact) mass is 383 g/mol. The summed E-state index contributed by atoms with van der Waals surface area (Å²) in [5, 5.41) is 19.6. The molecule has 1 aliphatic rings. The summed E-state index contributed by atoms with van der Waals surface area (Å²) >= 11 is 1.40. The molecule has 0 aromatic carbocycles. The van der Waals surface area contributed by atoms with Gasteiger partial charge in [-0.1, -0.05) is 6.42 Å². The Balaban J connectivity index is 1.98. The van der Waals surface area contributed by atoms with E-state index in [-0.39, 0.29) is 17.9 Å². The molecule has 0 spiro atoms. The second kappa shape index (κ2) is 9.92. The number of nitro groups is 1. The van der Waals surface area contributed by atoms with Crippen LogP contribution in [0.5, 0.6) is 0 Å². The van der Waals surface area contributed by atoms with E-state index in [1.54, 1.807) is 7.11 Å². The third-order valence-electron chi connectivity index (χ3n) is 4.04. The van der Waals surface area contributed by atoms with Crippen LogP contribution in [0.25, 0.3) is 0 Å². The Morgan fingerprint density at radius 1 is 1.58 bits per heavy atom. The molecule has 0 saturated heterocycles. The van der Waals surface area contributed by atoms with Gasteiger partial charge in [-0.3, -0.25) is 10.1 Å². The topological polar surface area (TPSA) is 154 Å². The summed E-state index contributed by atoms with van der Waals surface area (Å²) in [6.45, 7) is 0.962. The molecule has 0 aliphatic heterocycles. The molecule has 2 unspecified atom stereocenters. The highest BCUT2D eigenvalue weighted by Gasteiger charge is 2.26. The maximum absolute atomic E-state index is 10.8. The normalized spacial score (nSPS) is 20.4. The molecule has 1 aromatic heterocycles. The van der Waals surface area contributed by atoms with Gasteiger partial charge in [-0.15, -0.1) is 11.3 Å². The highest BCUT2D eigenvalue weighted by molar-refractivity contribution is 7.13. The first kappa shape index (κ1) is 19.9. The fraction of sp³-hybridized carbons (Fsp3) is 0.600. The Bertz CT molecular complexity index is 657. The molecule has 0 bridgehead atoms. The molecule has 1 saturated carbocycles. The Morgan fingerprint density at radius 2 is 2.38 bits per heavy atom. The molecule has 0 radical (unpaired) electrons. The average molecular weight is 383 g/mol. The lowest BCUT2D eigenvalue weighted by Crippen LogP contribution is -2.39. The zero-order chi connectivity index (χ0) is 18.9. The predicted molar refractivity (Wildman–Crippen MR) is 101 cm³/mol. The molecule has 2 rings (SSSR count). The number of nitrogens with zero attached hydrogens (tertiary/aromatic N) is 3. The molecule has 11 heteroatoms. The van der Waals surface area contributed by atoms with Crippen LogP contribution in [-0.2, 0) is 4.74 Å². The van der Waals surface area contributed by atoms with Crippen molar-refractivity contribution in [1.29, 1.82) is 0 Å². The average Bonchev–Trinajstić information content (AvgIpc) is 3.02. The molecule has 1 aliphatic carbocycles. The van der Waals surface area contributed by atoms with Gasteiger partial charge in [0.15, 0.2) is 11.8 Å². The number of thiazole rings is 1. The number of guanidine groups is 1. The van der Waals surface area contributed by atoms with E-state index in [1.807, 2.05) is 5.38 Å². The van der Waals surface area contributed by atoms with Crippen molar-refractivity contribution in [3.05, 3.63) is 33.2 Å². The third kappa shape index (κ3) is 6.48. The molecule has 1 heterocycles. The fourth-order valence-electron chi connectivity index (χ4n) is 2.96. The second-order valence-corrected chi connectivity index (χ2v) is 6.88. The van der Waals surface area contributed by atoms with E-state index in [0.717, 1.165) is 37.6 Å². The molecular weight excluding hydrogens is 358 g/mol. The van der Waals surface area contributed by atoms with Crippen molar-refractivity contribution in [3.63, 3.8) is 0 Å². The molecule has 0 amide bonds. The molecule has 2 atom stereocenters. The first-order valence-corrected chi connectivity index (χ1v) is 9.25. The van der Waals surface area contributed by atoms with Crippen LogP contribution < -0.4 is 22.1 Å². The molecular formula is C15H25N7O3S. The summed E-state index contributed by atoms with van der Waals surface area (Å²) in [4.78, 5) is 18.8. The zero-order valence-corrected chi connectivity index (χ0v) is 15.5. The molecule has 26 heavy (non-hydrogen) atoms. The van der Waals surface area contributed by atoms with Crippen molar-refractivity contribution in [1.82, 2.24) is 15.6 Å². The van der Waals surface area contributed by atoms with Crippen LogP contribution in [0, 0.1) is 10.1 Å². The van der Waals surface area contributed by atoms with E-state index in [1.165, 1.54) is 11.3 Å². The summed E-state index contributed by atoms with van der Waals surface area (Å²) in [6.07, 6.45) is 4.78. The number of rotatable bonds is 9. The smallest absolute Gasteiger partial charge is 0.274 e. The molecule has 1 fully saturated rings. The first-order chi connectivity index (χ1) is 12.5. The number of aliphatic imine (C=N–C) groups is 1. The summed E-state index contributed by atoms with van der Waals surface area (Å²) < 4.78 is 4.97. The molecule has 10 nitrogen and oxygen atoms in total. The van der Waals surface area contributed by atoms with E-state index >= 15 is 0 Å². The number of aromatic nitrogens is 1. The number of nitrogens with one attached hydrogen (secondary N) is 2. The quantitative estimate of drug-likeness (QED) is 0.162. The number of methoxy groups -OCH3 is 1. The Hall–Kier alpha value is -2.40. The van der Waals surface area contributed by atoms with Gasteiger partial charge in [-0.25, -0.2) is 4.98 Å². The Kier molecular flexibility index (Phi) is 7.60. The SMILES string of the molecule is COCCN/C(=C\[N+](=O)[O-])NC1CCCC(c2csc(N=C(N)N)n2)C1. The van der Waals surface area contributed by atoms with Gasteiger partial charge in [0, 0.05) is 31.0 Å². The van der Waals surface area contributed by atoms with Crippen molar-refractivity contribution < 1.29 is 9.66 Å². The minimum absolute atomic E-state index is 0.00854. The van der Waals surface area contributed by atoms with Crippen LogP contribution in [0.2, 0.25) is 0 Å². The lowest BCUT2D eigenvalue weighted by Gasteiger charge is -2.30. The van der Waals surface area contributed by atoms with E-state index in [2.05, 4.69) is 20.6 Å². The predicted octanol–water partition coefficient (Wildman–Crippen LogP) is 0.975. The zero-order valence-electron chi connectivity index (χ0n) is 14.7. The third-order valence-corrected chi connectivity index (χ3v) is 4.80. The van der Waals surface area contributed by atoms with Crippen LogP contribution in [0.1, 0.15) is 37.3 Å². The van der Waals surface area contributed by atoms with E-state index in [4.69, 9.17) is 16.2 Å². The highest BCUT2D eigenvalue weighted by atomic mass is 32.1. The molecule has 6 N–H and O–H groups in total. The van der Waals surface area contributed by atoms with Crippen LogP contribution in [0.15, 0.2) is 22.4 Å². The Labute approximate surface area is 155 Å². The minimum Gasteiger partial charge on any atom is -0.383 e. The molecule has 144 valence electrons. The number of hydrogen-bond acceptors (Lipinski definition) is 8. The van der Waals surface area contributed by atoms with Crippen LogP contribution in [0.3, 0.4) is 0 Å². The maximum Gasteiger partial charge on any atom is 0.274 e. The van der Waals surface area contributed by atoms with Gasteiger partial charge in [-0.2, -0.15) is 4.99 Å². The van der Waals surface area contributed by atoms with Crippen LogP contribution in [0.4, 0.5) is 5.13 Å². The van der Waals surface area contributed by atoms with Crippen molar-refractivity contribution in [2.75, 3.05) is 20.3 Å². The van der Waals surface area contributed by atoms with E-state index in [9.17, 15) is 10.1 Å². The van der Waals surface area contributed by atoms with Crippen molar-refractivity contribution >= 4 is 22.4 Å². The van der Waals surface area contributed by atoms with Gasteiger partial charge < -0.3 is 26.8 Å². The van der Waals surface area contributed by atoms with Crippen LogP contribution in [-0.4, -0.2) is 42.2 Å². The Morgan fingerprint density at radius 3 is 3.08 bits per heavy atom. The summed E-state index contributed by atoms with van der Waals surface area (Å²) in [5.41, 5.74) is 11.7. The van der Waals surface area contributed by atoms with Gasteiger partial charge >= 0.3 is 0 Å². The van der Waals surface area contributed by atoms with Gasteiger partial charge in [0.05, 0.1) is 17.2 Å². The highest BCUT2D eigenvalue weighted by Crippen LogP contribution is 2.35. The van der Waals surface area contributed by atoms with Crippen molar-refractivity contribution in [2.45, 2.75) is 37.6 Å². The van der Waals surface area contributed by atoms with Gasteiger partial charge in [0.1, 0.15) is 0 Å². The largest absolute Gasteiger partial charge is 0.383 e. The summed E-state index contributed by atoms with van der Waals surface area (Å²) in [5.74, 6) is 0.666. The fourth-order valence-corrected chi connectivity index (χ4v) is 3.75. The number of ether oxygens (including phenoxy) is 1. The van der Waals surface area contributed by atoms with Gasteiger partial charge in [-0.05, 0) is 19.3 Å². The van der Waals surface area contributed by atoms with Crippen LogP contribution >= 0.6 is 11.3 Å². The minimum atomic E-state index is -0.468.